The summed E-state index contributed by atoms with van der Waals surface area (Å²) in [5.74, 6) is 0.606. The first-order valence-corrected chi connectivity index (χ1v) is 10.6. The quantitative estimate of drug-likeness (QED) is 0.426. The molecule has 4 aromatic rings. The second-order valence-electron chi connectivity index (χ2n) is 6.67. The summed E-state index contributed by atoms with van der Waals surface area (Å²) in [4.78, 5) is 0. The van der Waals surface area contributed by atoms with E-state index in [1.165, 1.54) is 5.39 Å². The number of aryl methyl sites for hydroxylation is 2. The van der Waals surface area contributed by atoms with E-state index >= 15 is 0 Å². The molecule has 4 rings (SSSR count). The summed E-state index contributed by atoms with van der Waals surface area (Å²) < 4.78 is 20.6. The highest BCUT2D eigenvalue weighted by molar-refractivity contribution is 7.74. The lowest BCUT2D eigenvalue weighted by Gasteiger charge is -2.23. The number of para-hydroxylation sites is 1. The molecule has 3 heteroatoms. The fraction of sp³-hybridized carbons (Fsp3) is 0.0833. The van der Waals surface area contributed by atoms with Gasteiger partial charge in [-0.25, -0.2) is 0 Å². The molecule has 0 heterocycles. The Morgan fingerprint density at radius 3 is 1.93 bits per heavy atom. The van der Waals surface area contributed by atoms with Gasteiger partial charge in [-0.05, 0) is 66.1 Å². The van der Waals surface area contributed by atoms with Gasteiger partial charge in [0.25, 0.3) is 0 Å². The van der Waals surface area contributed by atoms with Crippen LogP contribution < -0.4 is 15.1 Å². The minimum Gasteiger partial charge on any atom is -0.437 e. The van der Waals surface area contributed by atoms with Crippen LogP contribution in [0.4, 0.5) is 0 Å². The summed E-state index contributed by atoms with van der Waals surface area (Å²) in [6, 6.07) is 29.2. The van der Waals surface area contributed by atoms with Gasteiger partial charge in [0, 0.05) is 0 Å². The van der Waals surface area contributed by atoms with Crippen molar-refractivity contribution < 1.29 is 9.09 Å². The van der Waals surface area contributed by atoms with Crippen LogP contribution in [-0.2, 0) is 4.57 Å². The van der Waals surface area contributed by atoms with Crippen LogP contribution in [0.15, 0.2) is 91.0 Å². The maximum Gasteiger partial charge on any atom is 0.307 e. The van der Waals surface area contributed by atoms with E-state index in [0.717, 1.165) is 21.8 Å². The van der Waals surface area contributed by atoms with Crippen molar-refractivity contribution >= 4 is 28.8 Å². The van der Waals surface area contributed by atoms with Crippen molar-refractivity contribution in [3.63, 3.8) is 0 Å². The summed E-state index contributed by atoms with van der Waals surface area (Å²) in [5.41, 5.74) is 2.10. The summed E-state index contributed by atoms with van der Waals surface area (Å²) in [7, 11) is -3.31. The van der Waals surface area contributed by atoms with Gasteiger partial charge in [-0.2, -0.15) is 0 Å². The van der Waals surface area contributed by atoms with Crippen LogP contribution in [0.25, 0.3) is 10.8 Å². The molecule has 0 bridgehead atoms. The van der Waals surface area contributed by atoms with Crippen molar-refractivity contribution in [3.8, 4) is 5.75 Å². The van der Waals surface area contributed by atoms with Crippen molar-refractivity contribution in [1.29, 1.82) is 0 Å². The Hall–Kier alpha value is -2.83. The normalized spacial score (nSPS) is 13.3. The Kier molecular flexibility index (Phi) is 4.59. The maximum absolute atomic E-state index is 14.4. The lowest BCUT2D eigenvalue weighted by molar-refractivity contribution is 0.502. The fourth-order valence-corrected chi connectivity index (χ4v) is 5.87. The molecule has 27 heavy (non-hydrogen) atoms. The van der Waals surface area contributed by atoms with E-state index in [9.17, 15) is 4.57 Å². The van der Waals surface area contributed by atoms with Crippen LogP contribution in [0, 0.1) is 13.8 Å². The Bertz CT molecular complexity index is 1140. The Morgan fingerprint density at radius 1 is 0.704 bits per heavy atom. The predicted octanol–water partition coefficient (Wildman–Crippen LogP) is 5.76. The summed E-state index contributed by atoms with van der Waals surface area (Å²) in [5, 5.41) is 3.75. The highest BCUT2D eigenvalue weighted by Crippen LogP contribution is 2.47. The largest absolute Gasteiger partial charge is 0.437 e. The lowest BCUT2D eigenvalue weighted by Crippen LogP contribution is -2.23. The SMILES string of the molecule is Cc1cc(P(=O)(Oc2ccccc2)c2ccccc2)c(C)c2ccccc12. The molecular formula is C24H21O2P. The van der Waals surface area contributed by atoms with Gasteiger partial charge in [0.2, 0.25) is 0 Å². The molecule has 134 valence electrons. The van der Waals surface area contributed by atoms with E-state index in [1.807, 2.05) is 85.8 Å². The first-order chi connectivity index (χ1) is 13.1. The molecule has 0 amide bonds. The second-order valence-corrected chi connectivity index (χ2v) is 8.96. The first-order valence-electron chi connectivity index (χ1n) is 8.99. The molecule has 0 saturated heterocycles. The molecule has 0 radical (unpaired) electrons. The molecule has 0 aliphatic heterocycles. The fourth-order valence-electron chi connectivity index (χ4n) is 3.48. The zero-order valence-corrected chi connectivity index (χ0v) is 16.3. The number of hydrogen-bond acceptors (Lipinski definition) is 2. The van der Waals surface area contributed by atoms with E-state index in [-0.39, 0.29) is 0 Å². The third kappa shape index (κ3) is 3.18. The van der Waals surface area contributed by atoms with Gasteiger partial charge in [-0.15, -0.1) is 0 Å². The third-order valence-corrected chi connectivity index (χ3v) is 7.43. The molecule has 0 aliphatic carbocycles. The summed E-state index contributed by atoms with van der Waals surface area (Å²) in [6.07, 6.45) is 0. The summed E-state index contributed by atoms with van der Waals surface area (Å²) >= 11 is 0. The van der Waals surface area contributed by atoms with Crippen molar-refractivity contribution in [2.75, 3.05) is 0 Å². The topological polar surface area (TPSA) is 26.3 Å². The monoisotopic (exact) mass is 372 g/mol. The van der Waals surface area contributed by atoms with Crippen molar-refractivity contribution in [2.45, 2.75) is 13.8 Å². The zero-order valence-electron chi connectivity index (χ0n) is 15.4. The van der Waals surface area contributed by atoms with E-state index in [4.69, 9.17) is 4.52 Å². The molecule has 0 aliphatic rings. The minimum absolute atomic E-state index is 0.606. The number of benzene rings is 4. The van der Waals surface area contributed by atoms with Crippen LogP contribution in [0.1, 0.15) is 11.1 Å². The van der Waals surface area contributed by atoms with Gasteiger partial charge in [-0.3, -0.25) is 4.57 Å². The maximum atomic E-state index is 14.4. The van der Waals surface area contributed by atoms with E-state index < -0.39 is 7.37 Å². The summed E-state index contributed by atoms with van der Waals surface area (Å²) in [6.45, 7) is 4.09. The first kappa shape index (κ1) is 17.6. The number of rotatable bonds is 4. The van der Waals surface area contributed by atoms with Gasteiger partial charge in [0.15, 0.2) is 0 Å². The number of fused-ring (bicyclic) bond motifs is 1. The molecule has 1 atom stereocenters. The Labute approximate surface area is 159 Å². The standard InChI is InChI=1S/C24H21O2P/c1-18-17-24(19(2)23-16-10-9-15-22(18)23)27(25,21-13-7-4-8-14-21)26-20-11-5-3-6-12-20/h3-17H,1-2H3. The molecule has 4 aromatic carbocycles. The number of hydrogen-bond donors (Lipinski definition) is 0. The van der Waals surface area contributed by atoms with Crippen LogP contribution in [0.3, 0.4) is 0 Å². The molecule has 2 nitrogen and oxygen atoms in total. The molecule has 0 fully saturated rings. The van der Waals surface area contributed by atoms with Crippen molar-refractivity contribution in [1.82, 2.24) is 0 Å². The van der Waals surface area contributed by atoms with E-state index in [0.29, 0.717) is 11.1 Å². The Morgan fingerprint density at radius 2 is 1.26 bits per heavy atom. The zero-order chi connectivity index (χ0) is 18.9. The van der Waals surface area contributed by atoms with Gasteiger partial charge >= 0.3 is 7.37 Å². The van der Waals surface area contributed by atoms with Crippen molar-refractivity contribution in [3.05, 3.63) is 102 Å². The van der Waals surface area contributed by atoms with E-state index in [1.54, 1.807) is 0 Å². The molecule has 1 unspecified atom stereocenters. The van der Waals surface area contributed by atoms with Crippen molar-refractivity contribution in [2.24, 2.45) is 0 Å². The van der Waals surface area contributed by atoms with Crippen LogP contribution in [0.2, 0.25) is 0 Å². The minimum atomic E-state index is -3.31. The smallest absolute Gasteiger partial charge is 0.307 e. The highest BCUT2D eigenvalue weighted by Gasteiger charge is 2.32. The average Bonchev–Trinajstić information content (AvgIpc) is 2.72. The van der Waals surface area contributed by atoms with Gasteiger partial charge in [0.05, 0.1) is 10.6 Å². The predicted molar refractivity (Wildman–Crippen MR) is 114 cm³/mol. The van der Waals surface area contributed by atoms with Gasteiger partial charge in [0.1, 0.15) is 5.75 Å². The van der Waals surface area contributed by atoms with E-state index in [2.05, 4.69) is 19.1 Å². The third-order valence-electron chi connectivity index (χ3n) is 4.88. The Balaban J connectivity index is 1.99. The highest BCUT2D eigenvalue weighted by atomic mass is 31.2. The second kappa shape index (κ2) is 7.06. The van der Waals surface area contributed by atoms with Crippen LogP contribution >= 0.6 is 7.37 Å². The molecular weight excluding hydrogens is 351 g/mol. The molecule has 0 spiro atoms. The molecule has 0 aromatic heterocycles. The van der Waals surface area contributed by atoms with Gasteiger partial charge in [-0.1, -0.05) is 60.7 Å². The van der Waals surface area contributed by atoms with Crippen LogP contribution in [-0.4, -0.2) is 0 Å². The molecule has 0 saturated carbocycles. The molecule has 0 N–H and O–H groups in total. The lowest BCUT2D eigenvalue weighted by atomic mass is 10.0. The van der Waals surface area contributed by atoms with Gasteiger partial charge < -0.3 is 4.52 Å². The van der Waals surface area contributed by atoms with Crippen LogP contribution in [0.5, 0.6) is 5.75 Å². The average molecular weight is 372 g/mol.